The Hall–Kier alpha value is -2.52. The number of hydrogen-bond donors (Lipinski definition) is 3. The highest BCUT2D eigenvalue weighted by Crippen LogP contribution is 2.19. The van der Waals surface area contributed by atoms with Crippen LogP contribution in [-0.4, -0.2) is 24.5 Å². The minimum Gasteiger partial charge on any atom is -0.324 e. The number of nitrogens with two attached hydrogens (primary N) is 1. The lowest BCUT2D eigenvalue weighted by atomic mass is 10.3. The summed E-state index contributed by atoms with van der Waals surface area (Å²) in [6, 6.07) is 7.66. The summed E-state index contributed by atoms with van der Waals surface area (Å²) >= 11 is 3.41. The molecule has 0 radical (unpaired) electrons. The third kappa shape index (κ3) is 3.15. The van der Waals surface area contributed by atoms with Gasteiger partial charge in [-0.2, -0.15) is 15.0 Å². The van der Waals surface area contributed by atoms with Crippen LogP contribution in [0.5, 0.6) is 0 Å². The minimum absolute atomic E-state index is 0.256. The van der Waals surface area contributed by atoms with Gasteiger partial charge >= 0.3 is 0 Å². The number of imidazole rings is 1. The zero-order valence-electron chi connectivity index (χ0n) is 10.7. The molecular weight excluding hydrogens is 336 g/mol. The lowest BCUT2D eigenvalue weighted by molar-refractivity contribution is 0.898. The van der Waals surface area contributed by atoms with E-state index in [1.165, 1.54) is 0 Å². The van der Waals surface area contributed by atoms with Crippen molar-refractivity contribution in [1.29, 1.82) is 0 Å². The highest BCUT2D eigenvalue weighted by molar-refractivity contribution is 9.10. The number of aromatic nitrogens is 5. The second-order valence-corrected chi connectivity index (χ2v) is 4.95. The van der Waals surface area contributed by atoms with Crippen molar-refractivity contribution in [2.45, 2.75) is 0 Å². The first-order chi connectivity index (χ1) is 10.2. The van der Waals surface area contributed by atoms with Gasteiger partial charge in [-0.1, -0.05) is 22.0 Å². The van der Waals surface area contributed by atoms with E-state index in [9.17, 15) is 0 Å². The van der Waals surface area contributed by atoms with Crippen LogP contribution in [-0.2, 0) is 0 Å². The summed E-state index contributed by atoms with van der Waals surface area (Å²) in [5, 5.41) is 3.10. The van der Waals surface area contributed by atoms with Gasteiger partial charge in [0.15, 0.2) is 0 Å². The Bertz CT molecular complexity index is 743. The fraction of sp³-hybridized carbons (Fsp3) is 0. The standard InChI is InChI=1S/C12H11BrN8/c13-8-2-1-3-9(6-8)16-10-17-11(20-14)19-12(18-10)21-5-4-15-7-21/h1-7H,14H2,(H2,16,17,18,19,20). The van der Waals surface area contributed by atoms with Gasteiger partial charge in [-0.05, 0) is 18.2 Å². The summed E-state index contributed by atoms with van der Waals surface area (Å²) in [6.45, 7) is 0. The highest BCUT2D eigenvalue weighted by Gasteiger charge is 2.07. The molecule has 0 saturated carbocycles. The van der Waals surface area contributed by atoms with Gasteiger partial charge in [0, 0.05) is 22.6 Å². The van der Waals surface area contributed by atoms with E-state index in [2.05, 4.69) is 46.6 Å². The van der Waals surface area contributed by atoms with Crippen LogP contribution in [0.15, 0.2) is 47.5 Å². The number of nitrogen functional groups attached to an aromatic ring is 1. The summed E-state index contributed by atoms with van der Waals surface area (Å²) in [5.41, 5.74) is 3.26. The van der Waals surface area contributed by atoms with Crippen molar-refractivity contribution in [3.8, 4) is 5.95 Å². The quantitative estimate of drug-likeness (QED) is 0.488. The maximum Gasteiger partial charge on any atom is 0.243 e. The zero-order chi connectivity index (χ0) is 14.7. The predicted molar refractivity (Wildman–Crippen MR) is 82.2 cm³/mol. The third-order valence-electron chi connectivity index (χ3n) is 2.57. The fourth-order valence-corrected chi connectivity index (χ4v) is 2.07. The number of hydrogen-bond acceptors (Lipinski definition) is 7. The van der Waals surface area contributed by atoms with Gasteiger partial charge in [0.05, 0.1) is 0 Å². The first-order valence-corrected chi connectivity index (χ1v) is 6.77. The maximum atomic E-state index is 5.40. The Morgan fingerprint density at radius 1 is 1.14 bits per heavy atom. The molecule has 4 N–H and O–H groups in total. The Kier molecular flexibility index (Phi) is 3.75. The Morgan fingerprint density at radius 3 is 2.71 bits per heavy atom. The van der Waals surface area contributed by atoms with Gasteiger partial charge in [0.2, 0.25) is 17.8 Å². The molecule has 3 rings (SSSR count). The fourth-order valence-electron chi connectivity index (χ4n) is 1.67. The monoisotopic (exact) mass is 346 g/mol. The molecule has 2 aromatic heterocycles. The van der Waals surface area contributed by atoms with Crippen LogP contribution in [0.3, 0.4) is 0 Å². The molecule has 21 heavy (non-hydrogen) atoms. The molecule has 0 fully saturated rings. The van der Waals surface area contributed by atoms with Crippen molar-refractivity contribution in [3.63, 3.8) is 0 Å². The number of nitrogens with zero attached hydrogens (tertiary/aromatic N) is 5. The molecule has 1 aromatic carbocycles. The van der Waals surface area contributed by atoms with Crippen LogP contribution in [0.4, 0.5) is 17.6 Å². The molecule has 0 aliphatic rings. The second-order valence-electron chi connectivity index (χ2n) is 4.03. The van der Waals surface area contributed by atoms with Gasteiger partial charge in [-0.25, -0.2) is 10.8 Å². The summed E-state index contributed by atoms with van der Waals surface area (Å²) in [5.74, 6) is 6.44. The predicted octanol–water partition coefficient (Wildman–Crippen LogP) is 1.85. The van der Waals surface area contributed by atoms with Crippen LogP contribution in [0.1, 0.15) is 0 Å². The number of hydrazine groups is 1. The Balaban J connectivity index is 1.96. The van der Waals surface area contributed by atoms with Crippen molar-refractivity contribution < 1.29 is 0 Å². The summed E-state index contributed by atoms with van der Waals surface area (Å²) in [4.78, 5) is 16.6. The molecule has 0 saturated heterocycles. The van der Waals surface area contributed by atoms with E-state index in [0.717, 1.165) is 10.2 Å². The third-order valence-corrected chi connectivity index (χ3v) is 3.06. The molecule has 9 heteroatoms. The molecule has 2 heterocycles. The summed E-state index contributed by atoms with van der Waals surface area (Å²) in [7, 11) is 0. The normalized spacial score (nSPS) is 10.4. The smallest absolute Gasteiger partial charge is 0.243 e. The molecule has 106 valence electrons. The Morgan fingerprint density at radius 2 is 2.00 bits per heavy atom. The summed E-state index contributed by atoms with van der Waals surface area (Å²) < 4.78 is 2.61. The van der Waals surface area contributed by atoms with Crippen LogP contribution in [0.2, 0.25) is 0 Å². The van der Waals surface area contributed by atoms with Crippen LogP contribution >= 0.6 is 15.9 Å². The number of rotatable bonds is 4. The number of halogens is 1. The maximum absolute atomic E-state index is 5.40. The van der Waals surface area contributed by atoms with E-state index in [-0.39, 0.29) is 5.95 Å². The largest absolute Gasteiger partial charge is 0.324 e. The molecule has 8 nitrogen and oxygen atoms in total. The van der Waals surface area contributed by atoms with Gasteiger partial charge < -0.3 is 5.32 Å². The molecule has 0 aliphatic carbocycles. The van der Waals surface area contributed by atoms with E-state index in [1.807, 2.05) is 24.3 Å². The first kappa shape index (κ1) is 13.5. The van der Waals surface area contributed by atoms with Crippen LogP contribution in [0, 0.1) is 0 Å². The van der Waals surface area contributed by atoms with E-state index >= 15 is 0 Å². The van der Waals surface area contributed by atoms with Crippen LogP contribution in [0.25, 0.3) is 5.95 Å². The average molecular weight is 347 g/mol. The molecule has 0 bridgehead atoms. The van der Waals surface area contributed by atoms with Crippen LogP contribution < -0.4 is 16.6 Å². The van der Waals surface area contributed by atoms with E-state index in [0.29, 0.717) is 11.9 Å². The lowest BCUT2D eigenvalue weighted by Gasteiger charge is -2.09. The molecular formula is C12H11BrN8. The SMILES string of the molecule is NNc1nc(Nc2cccc(Br)c2)nc(-n2ccnc2)n1. The van der Waals surface area contributed by atoms with E-state index in [1.54, 1.807) is 23.3 Å². The van der Waals surface area contributed by atoms with Gasteiger partial charge in [0.25, 0.3) is 0 Å². The van der Waals surface area contributed by atoms with Crippen molar-refractivity contribution >= 4 is 33.5 Å². The topological polar surface area (TPSA) is 107 Å². The highest BCUT2D eigenvalue weighted by atomic mass is 79.9. The van der Waals surface area contributed by atoms with Crippen molar-refractivity contribution in [1.82, 2.24) is 24.5 Å². The van der Waals surface area contributed by atoms with Gasteiger partial charge in [-0.3, -0.25) is 9.99 Å². The lowest BCUT2D eigenvalue weighted by Crippen LogP contribution is -2.14. The molecule has 0 atom stereocenters. The molecule has 3 aromatic rings. The molecule has 0 amide bonds. The number of nitrogens with one attached hydrogen (secondary N) is 2. The minimum atomic E-state index is 0.256. The average Bonchev–Trinajstić information content (AvgIpc) is 3.01. The number of anilines is 3. The Labute approximate surface area is 128 Å². The number of benzene rings is 1. The van der Waals surface area contributed by atoms with Crippen molar-refractivity contribution in [2.75, 3.05) is 10.7 Å². The van der Waals surface area contributed by atoms with Crippen molar-refractivity contribution in [3.05, 3.63) is 47.5 Å². The van der Waals surface area contributed by atoms with Crippen molar-refractivity contribution in [2.24, 2.45) is 5.84 Å². The van der Waals surface area contributed by atoms with Gasteiger partial charge in [0.1, 0.15) is 6.33 Å². The molecule has 0 spiro atoms. The van der Waals surface area contributed by atoms with E-state index in [4.69, 9.17) is 5.84 Å². The summed E-state index contributed by atoms with van der Waals surface area (Å²) in [6.07, 6.45) is 4.97. The van der Waals surface area contributed by atoms with Gasteiger partial charge in [-0.15, -0.1) is 0 Å². The molecule has 0 aliphatic heterocycles. The molecule has 0 unspecified atom stereocenters. The zero-order valence-corrected chi connectivity index (χ0v) is 12.3. The first-order valence-electron chi connectivity index (χ1n) is 5.98. The van der Waals surface area contributed by atoms with E-state index < -0.39 is 0 Å². The second kappa shape index (κ2) is 5.85.